The predicted octanol–water partition coefficient (Wildman–Crippen LogP) is 1.78. The first-order valence-corrected chi connectivity index (χ1v) is 8.16. The molecular weight excluding hydrogens is 262 g/mol. The predicted molar refractivity (Wildman–Crippen MR) is 77.2 cm³/mol. The molecule has 0 bridgehead atoms. The van der Waals surface area contributed by atoms with Gasteiger partial charge in [-0.2, -0.15) is 0 Å². The molecule has 0 aliphatic carbocycles. The highest BCUT2D eigenvalue weighted by atomic mass is 32.2. The van der Waals surface area contributed by atoms with Crippen LogP contribution in [-0.2, 0) is 14.6 Å². The summed E-state index contributed by atoms with van der Waals surface area (Å²) < 4.78 is 29.8. The van der Waals surface area contributed by atoms with E-state index >= 15 is 0 Å². The van der Waals surface area contributed by atoms with E-state index in [4.69, 9.17) is 4.74 Å². The molecule has 0 aliphatic rings. The molecule has 19 heavy (non-hydrogen) atoms. The van der Waals surface area contributed by atoms with Crippen molar-refractivity contribution in [3.05, 3.63) is 29.8 Å². The number of benzene rings is 1. The molecule has 0 amide bonds. The van der Waals surface area contributed by atoms with Crippen molar-refractivity contribution < 1.29 is 13.2 Å². The molecule has 1 rings (SSSR count). The normalized spacial score (nSPS) is 13.4. The first-order valence-electron chi connectivity index (χ1n) is 6.51. The lowest BCUT2D eigenvalue weighted by molar-refractivity contribution is 0.173. The highest BCUT2D eigenvalue weighted by Gasteiger charge is 2.20. The van der Waals surface area contributed by atoms with Gasteiger partial charge in [0.05, 0.1) is 17.3 Å². The summed E-state index contributed by atoms with van der Waals surface area (Å²) in [7, 11) is -1.69. The van der Waals surface area contributed by atoms with E-state index in [1.807, 2.05) is 19.9 Å². The van der Waals surface area contributed by atoms with Gasteiger partial charge in [-0.15, -0.1) is 0 Å². The molecule has 1 aromatic rings. The van der Waals surface area contributed by atoms with Crippen molar-refractivity contribution in [1.29, 1.82) is 0 Å². The molecule has 1 N–H and O–H groups in total. The Morgan fingerprint density at radius 1 is 1.37 bits per heavy atom. The van der Waals surface area contributed by atoms with Gasteiger partial charge in [-0.3, -0.25) is 0 Å². The molecule has 1 unspecified atom stereocenters. The molecule has 0 heterocycles. The van der Waals surface area contributed by atoms with Crippen LogP contribution in [0.15, 0.2) is 29.2 Å². The van der Waals surface area contributed by atoms with Crippen LogP contribution in [0, 0.1) is 6.92 Å². The van der Waals surface area contributed by atoms with E-state index < -0.39 is 9.84 Å². The SMILES string of the molecule is CCCNC(COC)CS(=O)(=O)c1cccc(C)c1. The standard InChI is InChI=1S/C14H23NO3S/c1-4-8-15-13(10-18-3)11-19(16,17)14-7-5-6-12(2)9-14/h5-7,9,13,15H,4,8,10-11H2,1-3H3. The van der Waals surface area contributed by atoms with Crippen LogP contribution >= 0.6 is 0 Å². The summed E-state index contributed by atoms with van der Waals surface area (Å²) in [5, 5.41) is 3.21. The molecule has 0 radical (unpaired) electrons. The number of sulfone groups is 1. The molecular formula is C14H23NO3S. The first kappa shape index (κ1) is 16.1. The average molecular weight is 285 g/mol. The van der Waals surface area contributed by atoms with Gasteiger partial charge >= 0.3 is 0 Å². The number of hydrogen-bond donors (Lipinski definition) is 1. The fourth-order valence-electron chi connectivity index (χ4n) is 1.89. The number of ether oxygens (including phenoxy) is 1. The van der Waals surface area contributed by atoms with Crippen molar-refractivity contribution >= 4 is 9.84 Å². The Kier molecular flexibility index (Phi) is 6.48. The Balaban J connectivity index is 2.81. The van der Waals surface area contributed by atoms with Crippen LogP contribution in [0.2, 0.25) is 0 Å². The highest BCUT2D eigenvalue weighted by molar-refractivity contribution is 7.91. The Morgan fingerprint density at radius 2 is 2.11 bits per heavy atom. The van der Waals surface area contributed by atoms with Crippen LogP contribution in [0.5, 0.6) is 0 Å². The van der Waals surface area contributed by atoms with E-state index in [-0.39, 0.29) is 11.8 Å². The fraction of sp³-hybridized carbons (Fsp3) is 0.571. The summed E-state index contributed by atoms with van der Waals surface area (Å²) in [5.74, 6) is 0.0598. The molecule has 1 atom stereocenters. The maximum Gasteiger partial charge on any atom is 0.180 e. The summed E-state index contributed by atoms with van der Waals surface area (Å²) in [4.78, 5) is 0.381. The molecule has 4 nitrogen and oxygen atoms in total. The Labute approximate surface area is 116 Å². The molecule has 0 aliphatic heterocycles. The summed E-state index contributed by atoms with van der Waals surface area (Å²) in [6, 6.07) is 6.84. The van der Waals surface area contributed by atoms with Crippen LogP contribution in [-0.4, -0.2) is 40.5 Å². The topological polar surface area (TPSA) is 55.4 Å². The van der Waals surface area contributed by atoms with Gasteiger partial charge in [0.25, 0.3) is 0 Å². The lowest BCUT2D eigenvalue weighted by Gasteiger charge is -2.17. The lowest BCUT2D eigenvalue weighted by Crippen LogP contribution is -2.39. The maximum atomic E-state index is 12.3. The van der Waals surface area contributed by atoms with Crippen LogP contribution < -0.4 is 5.32 Å². The zero-order valence-corrected chi connectivity index (χ0v) is 12.7. The van der Waals surface area contributed by atoms with Crippen molar-refractivity contribution in [3.8, 4) is 0 Å². The van der Waals surface area contributed by atoms with Crippen LogP contribution in [0.4, 0.5) is 0 Å². The Hall–Kier alpha value is -0.910. The van der Waals surface area contributed by atoms with E-state index in [0.717, 1.165) is 18.5 Å². The highest BCUT2D eigenvalue weighted by Crippen LogP contribution is 2.14. The van der Waals surface area contributed by atoms with E-state index in [1.54, 1.807) is 25.3 Å². The van der Waals surface area contributed by atoms with Crippen LogP contribution in [0.1, 0.15) is 18.9 Å². The molecule has 0 saturated heterocycles. The van der Waals surface area contributed by atoms with Crippen LogP contribution in [0.25, 0.3) is 0 Å². The van der Waals surface area contributed by atoms with Gasteiger partial charge in [0.15, 0.2) is 9.84 Å². The van der Waals surface area contributed by atoms with Crippen molar-refractivity contribution in [2.24, 2.45) is 0 Å². The second kappa shape index (κ2) is 7.62. The van der Waals surface area contributed by atoms with Crippen molar-refractivity contribution in [3.63, 3.8) is 0 Å². The zero-order valence-electron chi connectivity index (χ0n) is 11.8. The quantitative estimate of drug-likeness (QED) is 0.791. The number of rotatable bonds is 8. The van der Waals surface area contributed by atoms with E-state index in [9.17, 15) is 8.42 Å². The van der Waals surface area contributed by atoms with Gasteiger partial charge < -0.3 is 10.1 Å². The molecule has 1 aromatic carbocycles. The van der Waals surface area contributed by atoms with Gasteiger partial charge in [0, 0.05) is 13.2 Å². The smallest absolute Gasteiger partial charge is 0.180 e. The summed E-state index contributed by atoms with van der Waals surface area (Å²) in [6.45, 7) is 5.12. The summed E-state index contributed by atoms with van der Waals surface area (Å²) in [5.41, 5.74) is 0.950. The number of hydrogen-bond acceptors (Lipinski definition) is 4. The minimum atomic E-state index is -3.28. The van der Waals surface area contributed by atoms with E-state index in [0.29, 0.717) is 11.5 Å². The first-order chi connectivity index (χ1) is 8.99. The number of nitrogens with one attached hydrogen (secondary N) is 1. The summed E-state index contributed by atoms with van der Waals surface area (Å²) in [6.07, 6.45) is 0.963. The van der Waals surface area contributed by atoms with E-state index in [2.05, 4.69) is 5.32 Å². The number of aryl methyl sites for hydroxylation is 1. The molecule has 5 heteroatoms. The van der Waals surface area contributed by atoms with Gasteiger partial charge in [0.1, 0.15) is 0 Å². The third kappa shape index (κ3) is 5.30. The third-order valence-electron chi connectivity index (χ3n) is 2.82. The molecule has 0 aromatic heterocycles. The lowest BCUT2D eigenvalue weighted by atomic mass is 10.2. The molecule has 0 saturated carbocycles. The van der Waals surface area contributed by atoms with Gasteiger partial charge in [-0.05, 0) is 37.6 Å². The second-order valence-corrected chi connectivity index (χ2v) is 6.74. The zero-order chi connectivity index (χ0) is 14.3. The van der Waals surface area contributed by atoms with Crippen molar-refractivity contribution in [2.45, 2.75) is 31.2 Å². The maximum absolute atomic E-state index is 12.3. The van der Waals surface area contributed by atoms with Gasteiger partial charge in [-0.1, -0.05) is 19.1 Å². The van der Waals surface area contributed by atoms with Gasteiger partial charge in [0.2, 0.25) is 0 Å². The Morgan fingerprint density at radius 3 is 2.68 bits per heavy atom. The third-order valence-corrected chi connectivity index (χ3v) is 4.63. The average Bonchev–Trinajstić information content (AvgIpc) is 2.36. The summed E-state index contributed by atoms with van der Waals surface area (Å²) >= 11 is 0. The molecule has 0 fully saturated rings. The number of methoxy groups -OCH3 is 1. The second-order valence-electron chi connectivity index (χ2n) is 4.70. The van der Waals surface area contributed by atoms with E-state index in [1.165, 1.54) is 0 Å². The minimum absolute atomic E-state index is 0.0598. The monoisotopic (exact) mass is 285 g/mol. The van der Waals surface area contributed by atoms with Crippen LogP contribution in [0.3, 0.4) is 0 Å². The van der Waals surface area contributed by atoms with Crippen molar-refractivity contribution in [2.75, 3.05) is 26.0 Å². The molecule has 108 valence electrons. The van der Waals surface area contributed by atoms with Crippen molar-refractivity contribution in [1.82, 2.24) is 5.32 Å². The largest absolute Gasteiger partial charge is 0.383 e. The minimum Gasteiger partial charge on any atom is -0.383 e. The van der Waals surface area contributed by atoms with Gasteiger partial charge in [-0.25, -0.2) is 8.42 Å². The molecule has 0 spiro atoms. The fourth-order valence-corrected chi connectivity index (χ4v) is 3.47. The Bertz CT molecular complexity index is 485.